The number of benzene rings is 2. The van der Waals surface area contributed by atoms with Crippen molar-refractivity contribution in [3.05, 3.63) is 64.7 Å². The molecule has 0 radical (unpaired) electrons. The molecule has 102 valence electrons. The van der Waals surface area contributed by atoms with Crippen molar-refractivity contribution in [1.29, 1.82) is 5.26 Å². The summed E-state index contributed by atoms with van der Waals surface area (Å²) >= 11 is 1.83. The van der Waals surface area contributed by atoms with Gasteiger partial charge < -0.3 is 4.74 Å². The zero-order valence-electron chi connectivity index (χ0n) is 11.7. The third-order valence-corrected chi connectivity index (χ3v) is 4.22. The van der Waals surface area contributed by atoms with Crippen LogP contribution >= 0.6 is 11.8 Å². The van der Waals surface area contributed by atoms with Crippen LogP contribution in [-0.2, 0) is 11.5 Å². The molecule has 2 aromatic rings. The first kappa shape index (κ1) is 14.5. The molecule has 0 atom stereocenters. The van der Waals surface area contributed by atoms with Crippen molar-refractivity contribution in [1.82, 2.24) is 0 Å². The lowest BCUT2D eigenvalue weighted by atomic mass is 10.1. The van der Waals surface area contributed by atoms with Gasteiger partial charge in [-0.05, 0) is 36.2 Å². The summed E-state index contributed by atoms with van der Waals surface area (Å²) in [5, 5.41) is 8.97. The van der Waals surface area contributed by atoms with E-state index in [4.69, 9.17) is 10.00 Å². The van der Waals surface area contributed by atoms with Crippen molar-refractivity contribution >= 4 is 11.8 Å². The molecule has 0 aliphatic heterocycles. The van der Waals surface area contributed by atoms with Gasteiger partial charge in [-0.1, -0.05) is 24.3 Å². The molecule has 0 aromatic heterocycles. The SMILES string of the molecule is COc1ccc(C#N)cc1CSCc1ccccc1C. The van der Waals surface area contributed by atoms with E-state index in [1.807, 2.05) is 23.9 Å². The van der Waals surface area contributed by atoms with Crippen LogP contribution in [-0.4, -0.2) is 7.11 Å². The topological polar surface area (TPSA) is 33.0 Å². The third kappa shape index (κ3) is 3.55. The molecule has 0 spiro atoms. The molecule has 0 unspecified atom stereocenters. The Bertz CT molecular complexity index is 631. The first-order valence-electron chi connectivity index (χ1n) is 6.44. The van der Waals surface area contributed by atoms with E-state index in [1.54, 1.807) is 13.2 Å². The fraction of sp³-hybridized carbons (Fsp3) is 0.235. The van der Waals surface area contributed by atoms with Crippen LogP contribution in [0.4, 0.5) is 0 Å². The lowest BCUT2D eigenvalue weighted by Gasteiger charge is -2.09. The van der Waals surface area contributed by atoms with E-state index < -0.39 is 0 Å². The van der Waals surface area contributed by atoms with Crippen LogP contribution in [0, 0.1) is 18.3 Å². The molecule has 0 saturated heterocycles. The van der Waals surface area contributed by atoms with E-state index in [9.17, 15) is 0 Å². The zero-order valence-corrected chi connectivity index (χ0v) is 12.5. The maximum absolute atomic E-state index is 8.97. The Morgan fingerprint density at radius 1 is 1.10 bits per heavy atom. The van der Waals surface area contributed by atoms with Crippen molar-refractivity contribution in [2.45, 2.75) is 18.4 Å². The van der Waals surface area contributed by atoms with E-state index in [-0.39, 0.29) is 0 Å². The summed E-state index contributed by atoms with van der Waals surface area (Å²) in [6.07, 6.45) is 0. The summed E-state index contributed by atoms with van der Waals surface area (Å²) in [5.74, 6) is 2.65. The van der Waals surface area contributed by atoms with Crippen LogP contribution in [0.3, 0.4) is 0 Å². The first-order chi connectivity index (χ1) is 9.74. The zero-order chi connectivity index (χ0) is 14.4. The van der Waals surface area contributed by atoms with Crippen LogP contribution < -0.4 is 4.74 Å². The van der Waals surface area contributed by atoms with E-state index >= 15 is 0 Å². The molecule has 2 rings (SSSR count). The number of aryl methyl sites for hydroxylation is 1. The minimum Gasteiger partial charge on any atom is -0.496 e. The number of hydrogen-bond donors (Lipinski definition) is 0. The van der Waals surface area contributed by atoms with E-state index in [0.29, 0.717) is 5.56 Å². The van der Waals surface area contributed by atoms with Gasteiger partial charge in [0.25, 0.3) is 0 Å². The second-order valence-electron chi connectivity index (χ2n) is 4.56. The number of methoxy groups -OCH3 is 1. The number of nitrogens with zero attached hydrogens (tertiary/aromatic N) is 1. The predicted octanol–water partition coefficient (Wildman–Crippen LogP) is 4.31. The first-order valence-corrected chi connectivity index (χ1v) is 7.59. The van der Waals surface area contributed by atoms with Gasteiger partial charge in [0, 0.05) is 17.1 Å². The molecule has 2 nitrogen and oxygen atoms in total. The number of thioether (sulfide) groups is 1. The molecule has 0 saturated carbocycles. The largest absolute Gasteiger partial charge is 0.496 e. The van der Waals surface area contributed by atoms with Crippen molar-refractivity contribution in [2.24, 2.45) is 0 Å². The Kier molecular flexibility index (Phi) is 5.09. The molecular weight excluding hydrogens is 266 g/mol. The normalized spacial score (nSPS) is 10.1. The van der Waals surface area contributed by atoms with Gasteiger partial charge in [-0.2, -0.15) is 17.0 Å². The summed E-state index contributed by atoms with van der Waals surface area (Å²) < 4.78 is 5.35. The Balaban J connectivity index is 2.04. The van der Waals surface area contributed by atoms with Gasteiger partial charge in [-0.25, -0.2) is 0 Å². The molecular formula is C17H17NOS. The highest BCUT2D eigenvalue weighted by atomic mass is 32.2. The second-order valence-corrected chi connectivity index (χ2v) is 5.54. The average Bonchev–Trinajstić information content (AvgIpc) is 2.49. The van der Waals surface area contributed by atoms with E-state index in [0.717, 1.165) is 22.8 Å². The Labute approximate surface area is 124 Å². The summed E-state index contributed by atoms with van der Waals surface area (Å²) in [7, 11) is 1.66. The van der Waals surface area contributed by atoms with E-state index in [2.05, 4.69) is 37.3 Å². The quantitative estimate of drug-likeness (QED) is 0.819. The van der Waals surface area contributed by atoms with Crippen LogP contribution in [0.1, 0.15) is 22.3 Å². The van der Waals surface area contributed by atoms with Gasteiger partial charge >= 0.3 is 0 Å². The van der Waals surface area contributed by atoms with Crippen molar-refractivity contribution in [3.8, 4) is 11.8 Å². The summed E-state index contributed by atoms with van der Waals surface area (Å²) in [6, 6.07) is 16.1. The highest BCUT2D eigenvalue weighted by Crippen LogP contribution is 2.26. The molecule has 0 amide bonds. The van der Waals surface area contributed by atoms with Crippen molar-refractivity contribution in [3.63, 3.8) is 0 Å². The third-order valence-electron chi connectivity index (χ3n) is 3.19. The highest BCUT2D eigenvalue weighted by molar-refractivity contribution is 7.97. The van der Waals surface area contributed by atoms with Gasteiger partial charge in [0.15, 0.2) is 0 Å². The monoisotopic (exact) mass is 283 g/mol. The van der Waals surface area contributed by atoms with Crippen LogP contribution in [0.2, 0.25) is 0 Å². The Morgan fingerprint density at radius 2 is 1.85 bits per heavy atom. The fourth-order valence-electron chi connectivity index (χ4n) is 2.00. The number of ether oxygens (including phenoxy) is 1. The van der Waals surface area contributed by atoms with Gasteiger partial charge in [0.1, 0.15) is 5.75 Å². The van der Waals surface area contributed by atoms with Crippen LogP contribution in [0.15, 0.2) is 42.5 Å². The molecule has 2 aromatic carbocycles. The molecule has 0 heterocycles. The van der Waals surface area contributed by atoms with Crippen molar-refractivity contribution < 1.29 is 4.74 Å². The number of rotatable bonds is 5. The van der Waals surface area contributed by atoms with E-state index in [1.165, 1.54) is 11.1 Å². The van der Waals surface area contributed by atoms with Gasteiger partial charge in [-0.15, -0.1) is 0 Å². The summed E-state index contributed by atoms with van der Waals surface area (Å²) in [5.41, 5.74) is 4.42. The van der Waals surface area contributed by atoms with Crippen LogP contribution in [0.25, 0.3) is 0 Å². The maximum Gasteiger partial charge on any atom is 0.122 e. The number of hydrogen-bond acceptors (Lipinski definition) is 3. The standard InChI is InChI=1S/C17H17NOS/c1-13-5-3-4-6-15(13)11-20-12-16-9-14(10-18)7-8-17(16)19-2/h3-9H,11-12H2,1-2H3. The molecule has 0 aliphatic carbocycles. The second kappa shape index (κ2) is 7.02. The molecule has 0 fully saturated rings. The average molecular weight is 283 g/mol. The van der Waals surface area contributed by atoms with Crippen LogP contribution in [0.5, 0.6) is 5.75 Å². The smallest absolute Gasteiger partial charge is 0.122 e. The lowest BCUT2D eigenvalue weighted by Crippen LogP contribution is -1.92. The summed E-state index contributed by atoms with van der Waals surface area (Å²) in [4.78, 5) is 0. The van der Waals surface area contributed by atoms with Gasteiger partial charge in [0.05, 0.1) is 18.7 Å². The molecule has 0 bridgehead atoms. The lowest BCUT2D eigenvalue weighted by molar-refractivity contribution is 0.411. The van der Waals surface area contributed by atoms with Gasteiger partial charge in [-0.3, -0.25) is 0 Å². The molecule has 20 heavy (non-hydrogen) atoms. The van der Waals surface area contributed by atoms with Gasteiger partial charge in [0.2, 0.25) is 0 Å². The van der Waals surface area contributed by atoms with Crippen molar-refractivity contribution in [2.75, 3.05) is 7.11 Å². The highest BCUT2D eigenvalue weighted by Gasteiger charge is 2.05. The Morgan fingerprint density at radius 3 is 2.55 bits per heavy atom. The maximum atomic E-state index is 8.97. The molecule has 0 N–H and O–H groups in total. The predicted molar refractivity (Wildman–Crippen MR) is 83.9 cm³/mol. The Hall–Kier alpha value is -1.92. The number of nitriles is 1. The fourth-order valence-corrected chi connectivity index (χ4v) is 3.10. The molecule has 0 aliphatic rings. The summed E-state index contributed by atoms with van der Waals surface area (Å²) in [6.45, 7) is 2.13. The minimum atomic E-state index is 0.678. The molecule has 3 heteroatoms. The minimum absolute atomic E-state index is 0.678.